The van der Waals surface area contributed by atoms with E-state index in [0.29, 0.717) is 35.8 Å². The van der Waals surface area contributed by atoms with Crippen molar-refractivity contribution in [3.05, 3.63) is 64.4 Å². The molecule has 0 aliphatic rings. The van der Waals surface area contributed by atoms with Crippen LogP contribution in [-0.4, -0.2) is 6.61 Å². The number of nitriles is 1. The summed E-state index contributed by atoms with van der Waals surface area (Å²) in [5.74, 6) is 0.00811. The van der Waals surface area contributed by atoms with Gasteiger partial charge in [0.2, 0.25) is 0 Å². The zero-order valence-corrected chi connectivity index (χ0v) is 13.1. The predicted molar refractivity (Wildman–Crippen MR) is 85.7 cm³/mol. The Hall–Kier alpha value is -2.05. The van der Waals surface area contributed by atoms with E-state index in [2.05, 4.69) is 6.07 Å². The van der Waals surface area contributed by atoms with Crippen molar-refractivity contribution in [1.82, 2.24) is 0 Å². The Kier molecular flexibility index (Phi) is 5.80. The van der Waals surface area contributed by atoms with E-state index in [9.17, 15) is 9.65 Å². The molecular formula is C18H17ClFNO. The van der Waals surface area contributed by atoms with Gasteiger partial charge in [0.1, 0.15) is 11.6 Å². The third-order valence-electron chi connectivity index (χ3n) is 3.39. The highest BCUT2D eigenvalue weighted by Crippen LogP contribution is 2.26. The van der Waals surface area contributed by atoms with Gasteiger partial charge in [-0.1, -0.05) is 29.8 Å². The van der Waals surface area contributed by atoms with Crippen LogP contribution in [0.1, 0.15) is 29.9 Å². The summed E-state index contributed by atoms with van der Waals surface area (Å²) in [7, 11) is 0. The van der Waals surface area contributed by atoms with E-state index in [4.69, 9.17) is 16.3 Å². The van der Waals surface area contributed by atoms with Crippen LogP contribution >= 0.6 is 11.6 Å². The summed E-state index contributed by atoms with van der Waals surface area (Å²) < 4.78 is 18.9. The SMILES string of the molecule is Cc1ccc(Cl)c(OCCCC(C#N)c2cccc(F)c2)c1. The zero-order chi connectivity index (χ0) is 15.9. The van der Waals surface area contributed by atoms with Crippen molar-refractivity contribution >= 4 is 11.6 Å². The van der Waals surface area contributed by atoms with E-state index >= 15 is 0 Å². The number of hydrogen-bond donors (Lipinski definition) is 0. The van der Waals surface area contributed by atoms with Crippen LogP contribution in [0.2, 0.25) is 5.02 Å². The quantitative estimate of drug-likeness (QED) is 0.681. The number of hydrogen-bond acceptors (Lipinski definition) is 2. The van der Waals surface area contributed by atoms with Crippen molar-refractivity contribution in [3.8, 4) is 11.8 Å². The molecule has 0 heterocycles. The molecule has 0 bridgehead atoms. The van der Waals surface area contributed by atoms with Gasteiger partial charge in [-0.25, -0.2) is 4.39 Å². The monoisotopic (exact) mass is 317 g/mol. The van der Waals surface area contributed by atoms with Gasteiger partial charge in [0.05, 0.1) is 23.6 Å². The van der Waals surface area contributed by atoms with Gasteiger partial charge < -0.3 is 4.74 Å². The van der Waals surface area contributed by atoms with Gasteiger partial charge in [-0.05, 0) is 55.2 Å². The Balaban J connectivity index is 1.87. The highest BCUT2D eigenvalue weighted by Gasteiger charge is 2.11. The molecule has 0 saturated heterocycles. The summed E-state index contributed by atoms with van der Waals surface area (Å²) in [4.78, 5) is 0. The third kappa shape index (κ3) is 4.47. The summed E-state index contributed by atoms with van der Waals surface area (Å²) in [5, 5.41) is 9.81. The van der Waals surface area contributed by atoms with Crippen molar-refractivity contribution < 1.29 is 9.13 Å². The Morgan fingerprint density at radius 3 is 2.82 bits per heavy atom. The van der Waals surface area contributed by atoms with E-state index in [-0.39, 0.29) is 11.7 Å². The molecule has 0 aliphatic heterocycles. The largest absolute Gasteiger partial charge is 0.492 e. The first-order chi connectivity index (χ1) is 10.6. The summed E-state index contributed by atoms with van der Waals surface area (Å²) in [6, 6.07) is 14.0. The maximum Gasteiger partial charge on any atom is 0.138 e. The average molecular weight is 318 g/mol. The van der Waals surface area contributed by atoms with Crippen LogP contribution in [0, 0.1) is 24.1 Å². The van der Waals surface area contributed by atoms with Gasteiger partial charge in [-0.15, -0.1) is 0 Å². The fourth-order valence-corrected chi connectivity index (χ4v) is 2.39. The lowest BCUT2D eigenvalue weighted by Gasteiger charge is -2.11. The second kappa shape index (κ2) is 7.82. The molecule has 2 nitrogen and oxygen atoms in total. The Morgan fingerprint density at radius 2 is 2.09 bits per heavy atom. The molecule has 0 fully saturated rings. The normalized spacial score (nSPS) is 11.7. The second-order valence-electron chi connectivity index (χ2n) is 5.16. The molecule has 22 heavy (non-hydrogen) atoms. The number of halogens is 2. The Bertz CT molecular complexity index is 681. The number of ether oxygens (including phenoxy) is 1. The first-order valence-electron chi connectivity index (χ1n) is 7.14. The van der Waals surface area contributed by atoms with Gasteiger partial charge in [-0.2, -0.15) is 5.26 Å². The molecule has 1 unspecified atom stereocenters. The van der Waals surface area contributed by atoms with Crippen molar-refractivity contribution in [2.75, 3.05) is 6.61 Å². The van der Waals surface area contributed by atoms with Crippen LogP contribution in [0.25, 0.3) is 0 Å². The van der Waals surface area contributed by atoms with E-state index in [1.165, 1.54) is 12.1 Å². The lowest BCUT2D eigenvalue weighted by molar-refractivity contribution is 0.305. The van der Waals surface area contributed by atoms with Crippen LogP contribution < -0.4 is 4.74 Å². The predicted octanol–water partition coefficient (Wildman–Crippen LogP) is 5.25. The minimum atomic E-state index is -0.327. The van der Waals surface area contributed by atoms with Crippen molar-refractivity contribution in [1.29, 1.82) is 5.26 Å². The van der Waals surface area contributed by atoms with Crippen LogP contribution in [0.15, 0.2) is 42.5 Å². The molecule has 1 atom stereocenters. The smallest absolute Gasteiger partial charge is 0.138 e. The van der Waals surface area contributed by atoms with Crippen LogP contribution in [-0.2, 0) is 0 Å². The maximum atomic E-state index is 13.2. The molecular weight excluding hydrogens is 301 g/mol. The van der Waals surface area contributed by atoms with Crippen LogP contribution in [0.4, 0.5) is 4.39 Å². The van der Waals surface area contributed by atoms with E-state index in [0.717, 1.165) is 5.56 Å². The van der Waals surface area contributed by atoms with Crippen LogP contribution in [0.3, 0.4) is 0 Å². The third-order valence-corrected chi connectivity index (χ3v) is 3.70. The molecule has 0 spiro atoms. The fraction of sp³-hybridized carbons (Fsp3) is 0.278. The number of nitrogens with zero attached hydrogens (tertiary/aromatic N) is 1. The topological polar surface area (TPSA) is 33.0 Å². The summed E-state index contributed by atoms with van der Waals surface area (Å²) in [6.07, 6.45) is 1.31. The molecule has 0 N–H and O–H groups in total. The molecule has 0 saturated carbocycles. The summed E-state index contributed by atoms with van der Waals surface area (Å²) in [6.45, 7) is 2.44. The van der Waals surface area contributed by atoms with Crippen molar-refractivity contribution in [3.63, 3.8) is 0 Å². The van der Waals surface area contributed by atoms with E-state index in [1.54, 1.807) is 18.2 Å². The van der Waals surface area contributed by atoms with E-state index < -0.39 is 0 Å². The fourth-order valence-electron chi connectivity index (χ4n) is 2.22. The molecule has 0 aliphatic carbocycles. The lowest BCUT2D eigenvalue weighted by atomic mass is 9.96. The van der Waals surface area contributed by atoms with Gasteiger partial charge >= 0.3 is 0 Å². The van der Waals surface area contributed by atoms with E-state index in [1.807, 2.05) is 19.1 Å². The zero-order valence-electron chi connectivity index (χ0n) is 12.4. The van der Waals surface area contributed by atoms with Gasteiger partial charge in [0.15, 0.2) is 0 Å². The molecule has 2 aromatic carbocycles. The molecule has 0 aromatic heterocycles. The molecule has 114 valence electrons. The van der Waals surface area contributed by atoms with Gasteiger partial charge in [-0.3, -0.25) is 0 Å². The lowest BCUT2D eigenvalue weighted by Crippen LogP contribution is -2.03. The van der Waals surface area contributed by atoms with Crippen molar-refractivity contribution in [2.24, 2.45) is 0 Å². The molecule has 0 amide bonds. The second-order valence-corrected chi connectivity index (χ2v) is 5.57. The summed E-state index contributed by atoms with van der Waals surface area (Å²) >= 11 is 6.06. The molecule has 2 rings (SSSR count). The number of aryl methyl sites for hydroxylation is 1. The first kappa shape index (κ1) is 16.3. The Morgan fingerprint density at radius 1 is 1.27 bits per heavy atom. The average Bonchev–Trinajstić information content (AvgIpc) is 2.50. The molecule has 0 radical (unpaired) electrons. The number of rotatable bonds is 6. The highest BCUT2D eigenvalue weighted by atomic mass is 35.5. The molecule has 4 heteroatoms. The molecule has 2 aromatic rings. The summed E-state index contributed by atoms with van der Waals surface area (Å²) in [5.41, 5.74) is 1.78. The minimum absolute atomic E-state index is 0.319. The maximum absolute atomic E-state index is 13.2. The Labute approximate surface area is 135 Å². The highest BCUT2D eigenvalue weighted by molar-refractivity contribution is 6.32. The standard InChI is InChI=1S/C18H17ClFNO/c1-13-7-8-17(19)18(10-13)22-9-3-5-15(12-21)14-4-2-6-16(20)11-14/h2,4,6-8,10-11,15H,3,5,9H2,1H3. The minimum Gasteiger partial charge on any atom is -0.492 e. The van der Waals surface area contributed by atoms with Gasteiger partial charge in [0.25, 0.3) is 0 Å². The van der Waals surface area contributed by atoms with Crippen molar-refractivity contribution in [2.45, 2.75) is 25.7 Å². The van der Waals surface area contributed by atoms with Gasteiger partial charge in [0, 0.05) is 0 Å². The number of benzene rings is 2. The first-order valence-corrected chi connectivity index (χ1v) is 7.52. The van der Waals surface area contributed by atoms with Crippen LogP contribution in [0.5, 0.6) is 5.75 Å².